The first kappa shape index (κ1) is 16.2. The van der Waals surface area contributed by atoms with Crippen LogP contribution in [-0.4, -0.2) is 23.4 Å². The van der Waals surface area contributed by atoms with E-state index in [0.717, 1.165) is 32.6 Å². The highest BCUT2D eigenvalue weighted by Gasteiger charge is 2.54. The Bertz CT molecular complexity index is 477. The lowest BCUT2D eigenvalue weighted by molar-refractivity contribution is -0.190. The van der Waals surface area contributed by atoms with Gasteiger partial charge in [0.15, 0.2) is 5.54 Å². The van der Waals surface area contributed by atoms with Gasteiger partial charge in [0, 0.05) is 7.11 Å². The lowest BCUT2D eigenvalue weighted by atomic mass is 9.93. The molecule has 0 radical (unpaired) electrons. The fourth-order valence-electron chi connectivity index (χ4n) is 2.56. The van der Waals surface area contributed by atoms with Crippen LogP contribution in [0, 0.1) is 0 Å². The molecule has 1 unspecified atom stereocenters. The van der Waals surface area contributed by atoms with Crippen LogP contribution in [0.2, 0.25) is 0 Å². The lowest BCUT2D eigenvalue weighted by Crippen LogP contribution is -2.48. The molecule has 2 rings (SSSR count). The van der Waals surface area contributed by atoms with E-state index in [0.29, 0.717) is 12.8 Å². The van der Waals surface area contributed by atoms with Crippen LogP contribution >= 0.6 is 0 Å². The second-order valence-electron chi connectivity index (χ2n) is 5.74. The zero-order chi connectivity index (χ0) is 15.7. The molecular formula is C13H20F3N3O2. The van der Waals surface area contributed by atoms with Crippen molar-refractivity contribution in [2.45, 2.75) is 62.8 Å². The molecule has 1 aromatic rings. The molecule has 5 nitrogen and oxygen atoms in total. The first-order valence-electron chi connectivity index (χ1n) is 6.98. The Morgan fingerprint density at radius 1 is 1.19 bits per heavy atom. The number of nitrogens with zero attached hydrogens (tertiary/aromatic N) is 2. The van der Waals surface area contributed by atoms with Gasteiger partial charge in [0.2, 0.25) is 5.82 Å². The molecular weight excluding hydrogens is 287 g/mol. The number of hydrogen-bond donors (Lipinski definition) is 1. The van der Waals surface area contributed by atoms with Gasteiger partial charge in [-0.3, -0.25) is 0 Å². The summed E-state index contributed by atoms with van der Waals surface area (Å²) in [7, 11) is 1.52. The molecule has 0 bridgehead atoms. The van der Waals surface area contributed by atoms with Crippen molar-refractivity contribution in [3.05, 3.63) is 11.7 Å². The van der Waals surface area contributed by atoms with Crippen molar-refractivity contribution in [2.24, 2.45) is 5.73 Å². The molecule has 1 aliphatic carbocycles. The average molecular weight is 307 g/mol. The summed E-state index contributed by atoms with van der Waals surface area (Å²) in [5, 5.41) is 3.71. The SMILES string of the molecule is COC1(c2noc(C(C)(N)C(F)(F)F)n2)CCCCCC1. The third-order valence-electron chi connectivity index (χ3n) is 4.17. The maximum atomic E-state index is 12.9. The first-order valence-corrected chi connectivity index (χ1v) is 6.98. The van der Waals surface area contributed by atoms with Gasteiger partial charge in [-0.25, -0.2) is 0 Å². The quantitative estimate of drug-likeness (QED) is 0.869. The highest BCUT2D eigenvalue weighted by Crippen LogP contribution is 2.40. The molecule has 1 fully saturated rings. The van der Waals surface area contributed by atoms with Crippen molar-refractivity contribution < 1.29 is 22.4 Å². The van der Waals surface area contributed by atoms with Crippen LogP contribution in [0.5, 0.6) is 0 Å². The van der Waals surface area contributed by atoms with Gasteiger partial charge in [-0.1, -0.05) is 30.8 Å². The second kappa shape index (κ2) is 5.57. The molecule has 21 heavy (non-hydrogen) atoms. The van der Waals surface area contributed by atoms with Crippen molar-refractivity contribution >= 4 is 0 Å². The normalized spacial score (nSPS) is 22.6. The minimum absolute atomic E-state index is 0.155. The molecule has 120 valence electrons. The molecule has 0 aliphatic heterocycles. The number of alkyl halides is 3. The summed E-state index contributed by atoms with van der Waals surface area (Å²) >= 11 is 0. The van der Waals surface area contributed by atoms with Crippen LogP contribution < -0.4 is 5.73 Å². The van der Waals surface area contributed by atoms with E-state index in [1.807, 2.05) is 0 Å². The van der Waals surface area contributed by atoms with Crippen LogP contribution in [0.3, 0.4) is 0 Å². The molecule has 0 aromatic carbocycles. The van der Waals surface area contributed by atoms with Crippen molar-refractivity contribution in [2.75, 3.05) is 7.11 Å². The zero-order valence-corrected chi connectivity index (χ0v) is 12.2. The zero-order valence-electron chi connectivity index (χ0n) is 12.2. The highest BCUT2D eigenvalue weighted by molar-refractivity contribution is 5.09. The molecule has 0 amide bonds. The Hall–Kier alpha value is -1.15. The molecule has 8 heteroatoms. The summed E-state index contributed by atoms with van der Waals surface area (Å²) in [4.78, 5) is 3.91. The minimum atomic E-state index is -4.67. The smallest absolute Gasteiger partial charge is 0.370 e. The standard InChI is InChI=1S/C13H20F3N3O2/c1-11(17,13(14,15)16)10-18-9(19-21-10)12(20-2)7-5-3-4-6-8-12/h3-8,17H2,1-2H3. The van der Waals surface area contributed by atoms with Crippen molar-refractivity contribution in [1.82, 2.24) is 10.1 Å². The third kappa shape index (κ3) is 2.91. The number of rotatable bonds is 3. The summed E-state index contributed by atoms with van der Waals surface area (Å²) in [6, 6.07) is 0. The monoisotopic (exact) mass is 307 g/mol. The number of ether oxygens (including phenoxy) is 1. The van der Waals surface area contributed by atoms with Gasteiger partial charge in [-0.15, -0.1) is 0 Å². The van der Waals surface area contributed by atoms with Crippen molar-refractivity contribution in [3.63, 3.8) is 0 Å². The van der Waals surface area contributed by atoms with Gasteiger partial charge in [-0.2, -0.15) is 18.2 Å². The summed E-state index contributed by atoms with van der Waals surface area (Å²) in [6.07, 6.45) is 0.611. The number of nitrogens with two attached hydrogens (primary N) is 1. The van der Waals surface area contributed by atoms with Crippen LogP contribution in [0.1, 0.15) is 57.2 Å². The maximum Gasteiger partial charge on any atom is 0.415 e. The summed E-state index contributed by atoms with van der Waals surface area (Å²) in [5.41, 5.74) is 1.86. The second-order valence-corrected chi connectivity index (χ2v) is 5.74. The maximum absolute atomic E-state index is 12.9. The summed E-state index contributed by atoms with van der Waals surface area (Å²) < 4.78 is 49.1. The van der Waals surface area contributed by atoms with Gasteiger partial charge in [0.25, 0.3) is 5.89 Å². The fraction of sp³-hybridized carbons (Fsp3) is 0.846. The molecule has 1 aliphatic rings. The van der Waals surface area contributed by atoms with Crippen LogP contribution in [0.4, 0.5) is 13.2 Å². The van der Waals surface area contributed by atoms with E-state index < -0.39 is 23.2 Å². The lowest BCUT2D eigenvalue weighted by Gasteiger charge is -2.27. The van der Waals surface area contributed by atoms with Crippen LogP contribution in [0.15, 0.2) is 4.52 Å². The van der Waals surface area contributed by atoms with Crippen LogP contribution in [0.25, 0.3) is 0 Å². The van der Waals surface area contributed by atoms with Crippen molar-refractivity contribution in [3.8, 4) is 0 Å². The van der Waals surface area contributed by atoms with E-state index in [1.165, 1.54) is 7.11 Å². The van der Waals surface area contributed by atoms with Gasteiger partial charge in [-0.05, 0) is 19.8 Å². The number of aromatic nitrogens is 2. The molecule has 1 saturated carbocycles. The predicted molar refractivity (Wildman–Crippen MR) is 68.3 cm³/mol. The van der Waals surface area contributed by atoms with Gasteiger partial charge < -0.3 is 15.0 Å². The van der Waals surface area contributed by atoms with E-state index >= 15 is 0 Å². The molecule has 1 atom stereocenters. The largest absolute Gasteiger partial charge is 0.415 e. The summed E-state index contributed by atoms with van der Waals surface area (Å²) in [5.74, 6) is -0.478. The predicted octanol–water partition coefficient (Wildman–Crippen LogP) is 3.00. The Balaban J connectivity index is 2.34. The van der Waals surface area contributed by atoms with E-state index in [1.54, 1.807) is 0 Å². The molecule has 1 heterocycles. The van der Waals surface area contributed by atoms with Crippen molar-refractivity contribution in [1.29, 1.82) is 0 Å². The van der Waals surface area contributed by atoms with Gasteiger partial charge >= 0.3 is 6.18 Å². The van der Waals surface area contributed by atoms with E-state index in [-0.39, 0.29) is 5.82 Å². The first-order chi connectivity index (χ1) is 9.73. The Kier molecular flexibility index (Phi) is 4.30. The molecule has 1 aromatic heterocycles. The van der Waals surface area contributed by atoms with E-state index in [9.17, 15) is 13.2 Å². The number of halogens is 3. The Morgan fingerprint density at radius 3 is 2.24 bits per heavy atom. The number of hydrogen-bond acceptors (Lipinski definition) is 5. The van der Waals surface area contributed by atoms with E-state index in [2.05, 4.69) is 10.1 Å². The fourth-order valence-corrected chi connectivity index (χ4v) is 2.56. The average Bonchev–Trinajstić information content (AvgIpc) is 2.78. The number of methoxy groups -OCH3 is 1. The van der Waals surface area contributed by atoms with Crippen LogP contribution in [-0.2, 0) is 15.9 Å². The molecule has 0 spiro atoms. The minimum Gasteiger partial charge on any atom is -0.370 e. The summed E-state index contributed by atoms with van der Waals surface area (Å²) in [6.45, 7) is 0.816. The Morgan fingerprint density at radius 2 is 1.76 bits per heavy atom. The van der Waals surface area contributed by atoms with E-state index in [4.69, 9.17) is 15.0 Å². The molecule has 0 saturated heterocycles. The topological polar surface area (TPSA) is 74.2 Å². The highest BCUT2D eigenvalue weighted by atomic mass is 19.4. The third-order valence-corrected chi connectivity index (χ3v) is 4.17. The van der Waals surface area contributed by atoms with Gasteiger partial charge in [0.05, 0.1) is 0 Å². The van der Waals surface area contributed by atoms with Gasteiger partial charge in [0.1, 0.15) is 5.60 Å². The Labute approximate surface area is 121 Å². The molecule has 2 N–H and O–H groups in total.